The lowest BCUT2D eigenvalue weighted by Gasteiger charge is -2.32. The minimum Gasteiger partial charge on any atom is -0.457 e. The number of alkyl halides is 6. The normalized spacial score (nSPS) is 13.8. The molecule has 2 aromatic carbocycles. The zero-order valence-electron chi connectivity index (χ0n) is 16.1. The average molecular weight is 434 g/mol. The van der Waals surface area contributed by atoms with Crippen molar-refractivity contribution >= 4 is 5.97 Å². The van der Waals surface area contributed by atoms with Crippen LogP contribution in [0, 0.1) is 0 Å². The van der Waals surface area contributed by atoms with Crippen molar-refractivity contribution in [1.29, 1.82) is 0 Å². The summed E-state index contributed by atoms with van der Waals surface area (Å²) in [6.07, 6.45) is -11.0. The highest BCUT2D eigenvalue weighted by Gasteiger charge is 2.71. The van der Waals surface area contributed by atoms with Crippen molar-refractivity contribution in [1.82, 2.24) is 0 Å². The lowest BCUT2D eigenvalue weighted by atomic mass is 9.91. The van der Waals surface area contributed by atoms with Gasteiger partial charge in [-0.1, -0.05) is 50.2 Å². The van der Waals surface area contributed by atoms with Crippen LogP contribution < -0.4 is 0 Å². The monoisotopic (exact) mass is 434 g/mol. The van der Waals surface area contributed by atoms with Crippen molar-refractivity contribution in [3.8, 4) is 0 Å². The third-order valence-electron chi connectivity index (χ3n) is 4.89. The number of halogens is 6. The lowest BCUT2D eigenvalue weighted by molar-refractivity contribution is -0.376. The second-order valence-corrected chi connectivity index (χ2v) is 6.91. The topological polar surface area (TPSA) is 46.5 Å². The SMILES string of the molecule is CCC(C)c1ccc(COC(=O)c2ccc(C(O)(C(F)(F)F)C(F)(F)F)cc2)cc1. The van der Waals surface area contributed by atoms with Crippen LogP contribution in [0.5, 0.6) is 0 Å². The molecule has 0 spiro atoms. The maximum absolute atomic E-state index is 12.9. The second kappa shape index (κ2) is 8.67. The van der Waals surface area contributed by atoms with Crippen LogP contribution >= 0.6 is 0 Å². The number of hydrogen-bond acceptors (Lipinski definition) is 3. The molecule has 0 saturated heterocycles. The number of hydrogen-bond donors (Lipinski definition) is 1. The number of benzene rings is 2. The van der Waals surface area contributed by atoms with Crippen LogP contribution in [-0.4, -0.2) is 23.4 Å². The quantitative estimate of drug-likeness (QED) is 0.457. The van der Waals surface area contributed by atoms with E-state index in [1.165, 1.54) is 0 Å². The Bertz CT molecular complexity index is 840. The molecule has 0 fully saturated rings. The van der Waals surface area contributed by atoms with Crippen LogP contribution in [0.1, 0.15) is 53.2 Å². The highest BCUT2D eigenvalue weighted by Crippen LogP contribution is 2.49. The average Bonchev–Trinajstić information content (AvgIpc) is 2.69. The first kappa shape index (κ1) is 23.7. The molecule has 9 heteroatoms. The fraction of sp³-hybridized carbons (Fsp3) is 0.381. The summed E-state index contributed by atoms with van der Waals surface area (Å²) < 4.78 is 82.4. The zero-order chi connectivity index (χ0) is 22.7. The molecule has 3 nitrogen and oxygen atoms in total. The van der Waals surface area contributed by atoms with E-state index in [9.17, 15) is 36.2 Å². The van der Waals surface area contributed by atoms with E-state index >= 15 is 0 Å². The van der Waals surface area contributed by atoms with Crippen molar-refractivity contribution in [2.24, 2.45) is 0 Å². The van der Waals surface area contributed by atoms with E-state index in [-0.39, 0.29) is 12.2 Å². The van der Waals surface area contributed by atoms with Gasteiger partial charge in [0.25, 0.3) is 5.60 Å². The van der Waals surface area contributed by atoms with Crippen molar-refractivity contribution in [2.75, 3.05) is 0 Å². The van der Waals surface area contributed by atoms with Gasteiger partial charge in [-0.15, -0.1) is 0 Å². The number of carbonyl (C=O) groups excluding carboxylic acids is 1. The van der Waals surface area contributed by atoms with Crippen LogP contribution in [-0.2, 0) is 16.9 Å². The molecule has 0 bridgehead atoms. The third-order valence-corrected chi connectivity index (χ3v) is 4.89. The lowest BCUT2D eigenvalue weighted by Crippen LogP contribution is -2.53. The van der Waals surface area contributed by atoms with Crippen LogP contribution in [0.15, 0.2) is 48.5 Å². The molecule has 1 unspecified atom stereocenters. The van der Waals surface area contributed by atoms with E-state index in [0.717, 1.165) is 24.1 Å². The largest absolute Gasteiger partial charge is 0.457 e. The Labute approximate surface area is 169 Å². The van der Waals surface area contributed by atoms with Crippen LogP contribution in [0.25, 0.3) is 0 Å². The first-order chi connectivity index (χ1) is 13.8. The van der Waals surface area contributed by atoms with Crippen LogP contribution in [0.2, 0.25) is 0 Å². The molecule has 164 valence electrons. The van der Waals surface area contributed by atoms with E-state index in [2.05, 4.69) is 13.8 Å². The highest BCUT2D eigenvalue weighted by atomic mass is 19.4. The Morgan fingerprint density at radius 2 is 1.43 bits per heavy atom. The summed E-state index contributed by atoms with van der Waals surface area (Å²) in [5, 5.41) is 9.35. The van der Waals surface area contributed by atoms with Gasteiger partial charge in [-0.2, -0.15) is 26.3 Å². The molecule has 0 saturated carbocycles. The molecule has 0 amide bonds. The molecule has 0 heterocycles. The predicted molar refractivity (Wildman–Crippen MR) is 96.7 cm³/mol. The number of rotatable bonds is 6. The maximum atomic E-state index is 12.9. The van der Waals surface area contributed by atoms with E-state index in [1.54, 1.807) is 12.1 Å². The Morgan fingerprint density at radius 1 is 0.933 bits per heavy atom. The zero-order valence-corrected chi connectivity index (χ0v) is 16.1. The Morgan fingerprint density at radius 3 is 1.87 bits per heavy atom. The van der Waals surface area contributed by atoms with Crippen molar-refractivity contribution in [2.45, 2.75) is 50.7 Å². The summed E-state index contributed by atoms with van der Waals surface area (Å²) in [6, 6.07) is 9.60. The van der Waals surface area contributed by atoms with Crippen molar-refractivity contribution in [3.63, 3.8) is 0 Å². The van der Waals surface area contributed by atoms with E-state index < -0.39 is 29.5 Å². The first-order valence-electron chi connectivity index (χ1n) is 9.03. The number of ether oxygens (including phenoxy) is 1. The number of aliphatic hydroxyl groups is 1. The predicted octanol–water partition coefficient (Wildman–Crippen LogP) is 5.87. The van der Waals surface area contributed by atoms with Crippen molar-refractivity contribution < 1.29 is 41.0 Å². The summed E-state index contributed by atoms with van der Waals surface area (Å²) in [5.41, 5.74) is -4.94. The van der Waals surface area contributed by atoms with E-state index in [4.69, 9.17) is 4.74 Å². The summed E-state index contributed by atoms with van der Waals surface area (Å²) >= 11 is 0. The van der Waals surface area contributed by atoms with Gasteiger partial charge in [0, 0.05) is 5.56 Å². The molecule has 2 aromatic rings. The molecule has 0 radical (unpaired) electrons. The molecule has 2 rings (SSSR count). The molecule has 0 aliphatic heterocycles. The molecule has 30 heavy (non-hydrogen) atoms. The van der Waals surface area contributed by atoms with Gasteiger partial charge in [-0.3, -0.25) is 0 Å². The van der Waals surface area contributed by atoms with Gasteiger partial charge in [0.2, 0.25) is 0 Å². The van der Waals surface area contributed by atoms with Gasteiger partial charge in [-0.05, 0) is 35.6 Å². The smallest absolute Gasteiger partial charge is 0.430 e. The fourth-order valence-electron chi connectivity index (χ4n) is 2.75. The number of carbonyl (C=O) groups is 1. The Hall–Kier alpha value is -2.55. The highest BCUT2D eigenvalue weighted by molar-refractivity contribution is 5.89. The number of esters is 1. The Kier molecular flexibility index (Phi) is 6.86. The van der Waals surface area contributed by atoms with Gasteiger partial charge >= 0.3 is 18.3 Å². The van der Waals surface area contributed by atoms with Crippen LogP contribution in [0.4, 0.5) is 26.3 Å². The maximum Gasteiger partial charge on any atom is 0.430 e. The minimum atomic E-state index is -5.99. The van der Waals surface area contributed by atoms with Crippen LogP contribution in [0.3, 0.4) is 0 Å². The van der Waals surface area contributed by atoms with Gasteiger partial charge in [0.05, 0.1) is 5.56 Å². The van der Waals surface area contributed by atoms with E-state index in [1.807, 2.05) is 12.1 Å². The van der Waals surface area contributed by atoms with E-state index in [0.29, 0.717) is 23.6 Å². The minimum absolute atomic E-state index is 0.115. The molecular formula is C21H20F6O3. The van der Waals surface area contributed by atoms with Gasteiger partial charge < -0.3 is 9.84 Å². The first-order valence-corrected chi connectivity index (χ1v) is 9.03. The van der Waals surface area contributed by atoms with Crippen molar-refractivity contribution in [3.05, 3.63) is 70.8 Å². The van der Waals surface area contributed by atoms with Gasteiger partial charge in [-0.25, -0.2) is 4.79 Å². The third kappa shape index (κ3) is 4.77. The summed E-state index contributed by atoms with van der Waals surface area (Å²) in [5.74, 6) is -0.553. The molecule has 0 aromatic heterocycles. The van der Waals surface area contributed by atoms with Gasteiger partial charge in [0.15, 0.2) is 0 Å². The summed E-state index contributed by atoms with van der Waals surface area (Å²) in [4.78, 5) is 12.1. The molecule has 1 N–H and O–H groups in total. The molecule has 0 aliphatic rings. The van der Waals surface area contributed by atoms with Gasteiger partial charge in [0.1, 0.15) is 6.61 Å². The molecular weight excluding hydrogens is 414 g/mol. The molecule has 1 atom stereocenters. The Balaban J connectivity index is 2.11. The second-order valence-electron chi connectivity index (χ2n) is 6.91. The fourth-order valence-corrected chi connectivity index (χ4v) is 2.75. The molecule has 0 aliphatic carbocycles. The summed E-state index contributed by atoms with van der Waals surface area (Å²) in [6.45, 7) is 4.00. The summed E-state index contributed by atoms with van der Waals surface area (Å²) in [7, 11) is 0. The standard InChI is InChI=1S/C21H20F6O3/c1-3-13(2)15-6-4-14(5-7-15)12-30-18(28)16-8-10-17(11-9-16)19(29,20(22,23)24)21(25,26)27/h4-11,13,29H,3,12H2,1-2H3.